The molecule has 134 valence electrons. The zero-order chi connectivity index (χ0) is 18.8. The van der Waals surface area contributed by atoms with Crippen LogP contribution in [0, 0.1) is 6.92 Å². The Balaban J connectivity index is 2.42. The van der Waals surface area contributed by atoms with Gasteiger partial charge in [0.05, 0.1) is 23.4 Å². The number of methoxy groups -OCH3 is 1. The highest BCUT2D eigenvalue weighted by Crippen LogP contribution is 2.26. The van der Waals surface area contributed by atoms with E-state index in [1.165, 1.54) is 18.2 Å². The summed E-state index contributed by atoms with van der Waals surface area (Å²) < 4.78 is 36.6. The van der Waals surface area contributed by atoms with Gasteiger partial charge in [-0.15, -0.1) is 0 Å². The molecule has 2 aromatic rings. The molecule has 1 aromatic carbocycles. The van der Waals surface area contributed by atoms with Crippen LogP contribution in [-0.2, 0) is 21.2 Å². The van der Waals surface area contributed by atoms with Gasteiger partial charge in [0.1, 0.15) is 10.7 Å². The summed E-state index contributed by atoms with van der Waals surface area (Å²) in [5.74, 6) is -1.96. The average Bonchev–Trinajstić information content (AvgIpc) is 2.94. The van der Waals surface area contributed by atoms with E-state index in [4.69, 9.17) is 16.0 Å². The van der Waals surface area contributed by atoms with Crippen molar-refractivity contribution in [1.82, 2.24) is 9.71 Å². The van der Waals surface area contributed by atoms with Crippen molar-refractivity contribution in [3.8, 4) is 0 Å². The Kier molecular flexibility index (Phi) is 5.48. The van der Waals surface area contributed by atoms with Gasteiger partial charge in [-0.25, -0.2) is 22.9 Å². The molecule has 25 heavy (non-hydrogen) atoms. The molecule has 0 atom stereocenters. The largest absolute Gasteiger partial charge is 0.465 e. The lowest BCUT2D eigenvalue weighted by Gasteiger charge is -2.11. The fraction of sp³-hybridized carbons (Fsp3) is 0.267. The molecule has 10 heteroatoms. The predicted molar refractivity (Wildman–Crippen MR) is 88.1 cm³/mol. The number of oxazole rings is 1. The quantitative estimate of drug-likeness (QED) is 0.782. The van der Waals surface area contributed by atoms with Crippen LogP contribution in [0.2, 0.25) is 5.02 Å². The van der Waals surface area contributed by atoms with Crippen molar-refractivity contribution in [2.45, 2.75) is 25.2 Å². The van der Waals surface area contributed by atoms with E-state index in [9.17, 15) is 18.0 Å². The van der Waals surface area contributed by atoms with Crippen LogP contribution in [0.4, 0.5) is 0 Å². The van der Waals surface area contributed by atoms with Crippen molar-refractivity contribution >= 4 is 33.5 Å². The van der Waals surface area contributed by atoms with Crippen molar-refractivity contribution < 1.29 is 27.2 Å². The second-order valence-electron chi connectivity index (χ2n) is 4.92. The maximum absolute atomic E-state index is 12.5. The van der Waals surface area contributed by atoms with E-state index in [0.717, 1.165) is 7.11 Å². The first-order valence-electron chi connectivity index (χ1n) is 7.11. The van der Waals surface area contributed by atoms with Gasteiger partial charge in [-0.3, -0.25) is 4.79 Å². The molecule has 1 amide bonds. The van der Waals surface area contributed by atoms with Crippen LogP contribution >= 0.6 is 11.6 Å². The highest BCUT2D eigenvalue weighted by atomic mass is 35.5. The van der Waals surface area contributed by atoms with E-state index in [-0.39, 0.29) is 10.6 Å². The fourth-order valence-corrected chi connectivity index (χ4v) is 3.80. The lowest BCUT2D eigenvalue weighted by molar-refractivity contribution is 0.0596. The molecule has 0 radical (unpaired) electrons. The van der Waals surface area contributed by atoms with E-state index in [2.05, 4.69) is 9.72 Å². The normalized spacial score (nSPS) is 11.2. The summed E-state index contributed by atoms with van der Waals surface area (Å²) in [6.07, 6.45) is 0.520. The van der Waals surface area contributed by atoms with Gasteiger partial charge in [0.25, 0.3) is 15.9 Å². The summed E-state index contributed by atoms with van der Waals surface area (Å²) in [5, 5.41) is -0.235. The summed E-state index contributed by atoms with van der Waals surface area (Å²) in [6.45, 7) is 3.43. The van der Waals surface area contributed by atoms with E-state index in [1.807, 2.05) is 6.92 Å². The van der Waals surface area contributed by atoms with E-state index in [1.54, 1.807) is 11.6 Å². The SMILES string of the molecule is CCc1nc(C(=O)NS(=O)(=O)c2c(Cl)cccc2C(=O)OC)oc1C. The van der Waals surface area contributed by atoms with Crippen LogP contribution in [0.5, 0.6) is 0 Å². The fourth-order valence-electron chi connectivity index (χ4n) is 2.12. The molecule has 1 heterocycles. The number of hydrogen-bond acceptors (Lipinski definition) is 7. The molecule has 0 aliphatic heterocycles. The summed E-state index contributed by atoms with van der Waals surface area (Å²) in [6, 6.07) is 3.89. The van der Waals surface area contributed by atoms with Crippen LogP contribution in [0.3, 0.4) is 0 Å². The second kappa shape index (κ2) is 7.24. The van der Waals surface area contributed by atoms with Gasteiger partial charge in [0.15, 0.2) is 0 Å². The number of ether oxygens (including phenoxy) is 1. The molecule has 0 aliphatic rings. The molecule has 0 saturated heterocycles. The van der Waals surface area contributed by atoms with E-state index < -0.39 is 32.7 Å². The number of aromatic nitrogens is 1. The Hall–Kier alpha value is -2.39. The van der Waals surface area contributed by atoms with Crippen molar-refractivity contribution in [2.24, 2.45) is 0 Å². The van der Waals surface area contributed by atoms with Gasteiger partial charge in [0.2, 0.25) is 0 Å². The number of amides is 1. The van der Waals surface area contributed by atoms with Gasteiger partial charge in [-0.1, -0.05) is 24.6 Å². The first-order valence-corrected chi connectivity index (χ1v) is 8.97. The van der Waals surface area contributed by atoms with Crippen LogP contribution in [-0.4, -0.2) is 32.4 Å². The Bertz CT molecular complexity index is 935. The third-order valence-electron chi connectivity index (χ3n) is 3.29. The molecule has 0 aliphatic carbocycles. The number of carbonyl (C=O) groups excluding carboxylic acids is 2. The number of nitrogens with zero attached hydrogens (tertiary/aromatic N) is 1. The molecule has 0 unspecified atom stereocenters. The van der Waals surface area contributed by atoms with E-state index >= 15 is 0 Å². The highest BCUT2D eigenvalue weighted by Gasteiger charge is 2.29. The Labute approximate surface area is 149 Å². The molecular weight excluding hydrogens is 372 g/mol. The minimum atomic E-state index is -4.47. The van der Waals surface area contributed by atoms with Crippen molar-refractivity contribution in [3.63, 3.8) is 0 Å². The summed E-state index contributed by atoms with van der Waals surface area (Å²) in [7, 11) is -3.37. The summed E-state index contributed by atoms with van der Waals surface area (Å²) in [4.78, 5) is 27.3. The van der Waals surface area contributed by atoms with Gasteiger partial charge in [0, 0.05) is 0 Å². The first kappa shape index (κ1) is 18.9. The molecule has 1 N–H and O–H groups in total. The monoisotopic (exact) mass is 386 g/mol. The number of sulfonamides is 1. The second-order valence-corrected chi connectivity index (χ2v) is 6.94. The number of aryl methyl sites for hydroxylation is 2. The first-order chi connectivity index (χ1) is 11.7. The molecule has 0 fully saturated rings. The zero-order valence-corrected chi connectivity index (χ0v) is 15.2. The highest BCUT2D eigenvalue weighted by molar-refractivity contribution is 7.90. The maximum atomic E-state index is 12.5. The number of nitrogens with one attached hydrogen (secondary N) is 1. The van der Waals surface area contributed by atoms with Crippen LogP contribution in [0.25, 0.3) is 0 Å². The smallest absolute Gasteiger partial charge is 0.339 e. The van der Waals surface area contributed by atoms with Crippen molar-refractivity contribution in [1.29, 1.82) is 0 Å². The number of esters is 1. The average molecular weight is 387 g/mol. The van der Waals surface area contributed by atoms with Gasteiger partial charge in [-0.2, -0.15) is 0 Å². The molecule has 0 saturated carbocycles. The van der Waals surface area contributed by atoms with Crippen LogP contribution in [0.1, 0.15) is 39.4 Å². The number of halogens is 1. The molecule has 0 bridgehead atoms. The van der Waals surface area contributed by atoms with Crippen molar-refractivity contribution in [2.75, 3.05) is 7.11 Å². The van der Waals surface area contributed by atoms with Gasteiger partial charge >= 0.3 is 11.9 Å². The molecule has 8 nitrogen and oxygen atoms in total. The molecule has 1 aromatic heterocycles. The topological polar surface area (TPSA) is 116 Å². The van der Waals surface area contributed by atoms with Crippen molar-refractivity contribution in [3.05, 3.63) is 46.1 Å². The van der Waals surface area contributed by atoms with Gasteiger partial charge in [-0.05, 0) is 25.5 Å². The third kappa shape index (κ3) is 3.83. The lowest BCUT2D eigenvalue weighted by Crippen LogP contribution is -2.32. The number of rotatable bonds is 5. The minimum absolute atomic E-state index is 0.235. The summed E-state index contributed by atoms with van der Waals surface area (Å²) in [5.41, 5.74) is 0.240. The van der Waals surface area contributed by atoms with Crippen LogP contribution in [0.15, 0.2) is 27.5 Å². The van der Waals surface area contributed by atoms with E-state index in [0.29, 0.717) is 17.9 Å². The van der Waals surface area contributed by atoms with Gasteiger partial charge < -0.3 is 9.15 Å². The molecule has 2 rings (SSSR count). The Morgan fingerprint density at radius 2 is 2.04 bits per heavy atom. The van der Waals surface area contributed by atoms with Crippen LogP contribution < -0.4 is 4.72 Å². The summed E-state index contributed by atoms with van der Waals surface area (Å²) >= 11 is 5.92. The lowest BCUT2D eigenvalue weighted by atomic mass is 10.2. The third-order valence-corrected chi connectivity index (χ3v) is 5.15. The zero-order valence-electron chi connectivity index (χ0n) is 13.6. The molecule has 0 spiro atoms. The Morgan fingerprint density at radius 1 is 1.36 bits per heavy atom. The number of benzene rings is 1. The Morgan fingerprint density at radius 3 is 2.60 bits per heavy atom. The maximum Gasteiger partial charge on any atom is 0.339 e. The minimum Gasteiger partial charge on any atom is -0.465 e. The molecular formula is C15H15ClN2O6S. The standard InChI is InChI=1S/C15H15ClN2O6S/c1-4-11-8(2)24-14(17-11)13(19)18-25(21,22)12-9(15(20)23-3)6-5-7-10(12)16/h5-7H,4H2,1-3H3,(H,18,19). The number of carbonyl (C=O) groups is 2. The predicted octanol–water partition coefficient (Wildman–Crippen LogP) is 2.10. The number of hydrogen-bond donors (Lipinski definition) is 1.